The molecular weight excluding hydrogens is 364 g/mol. The van der Waals surface area contributed by atoms with Gasteiger partial charge in [-0.3, -0.25) is 9.59 Å². The fourth-order valence-electron chi connectivity index (χ4n) is 3.00. The van der Waals surface area contributed by atoms with Gasteiger partial charge in [-0.05, 0) is 24.3 Å². The molecule has 1 aliphatic heterocycles. The molecule has 0 radical (unpaired) electrons. The van der Waals surface area contributed by atoms with Crippen molar-refractivity contribution in [3.8, 4) is 23.0 Å². The summed E-state index contributed by atoms with van der Waals surface area (Å²) in [5.74, 6) is 1.10. The summed E-state index contributed by atoms with van der Waals surface area (Å²) in [6, 6.07) is 10.3. The second-order valence-corrected chi connectivity index (χ2v) is 6.10. The second kappa shape index (κ2) is 8.08. The van der Waals surface area contributed by atoms with Gasteiger partial charge in [-0.1, -0.05) is 12.1 Å². The molecule has 0 aliphatic carbocycles. The van der Waals surface area contributed by atoms with E-state index in [9.17, 15) is 9.59 Å². The lowest BCUT2D eigenvalue weighted by atomic mass is 10.1. The van der Waals surface area contributed by atoms with Crippen LogP contribution in [0, 0.1) is 0 Å². The van der Waals surface area contributed by atoms with Crippen LogP contribution in [-0.4, -0.2) is 52.8 Å². The molecule has 0 spiro atoms. The second-order valence-electron chi connectivity index (χ2n) is 6.10. The molecule has 0 saturated carbocycles. The molecule has 2 aromatic rings. The number of benzene rings is 2. The molecule has 0 fully saturated rings. The van der Waals surface area contributed by atoms with Gasteiger partial charge in [0.15, 0.2) is 17.6 Å². The van der Waals surface area contributed by atoms with Gasteiger partial charge in [0, 0.05) is 12.6 Å². The smallest absolute Gasteiger partial charge is 0.269 e. The molecule has 1 heterocycles. The molecule has 0 bridgehead atoms. The predicted octanol–water partition coefficient (Wildman–Crippen LogP) is 1.87. The minimum Gasteiger partial charge on any atom is -0.493 e. The summed E-state index contributed by atoms with van der Waals surface area (Å²) in [7, 11) is 6.11. The van der Waals surface area contributed by atoms with Gasteiger partial charge in [0.05, 0.1) is 33.6 Å². The van der Waals surface area contributed by atoms with Crippen LogP contribution in [0.25, 0.3) is 0 Å². The number of nitrogens with zero attached hydrogens (tertiary/aromatic N) is 1. The number of carbonyl (C=O) groups excluding carboxylic acids is 2. The molecule has 0 saturated heterocycles. The monoisotopic (exact) mass is 386 g/mol. The number of amides is 2. The summed E-state index contributed by atoms with van der Waals surface area (Å²) in [5, 5.41) is 2.73. The number of fused-ring (bicyclic) bond motifs is 1. The van der Waals surface area contributed by atoms with Crippen molar-refractivity contribution in [1.82, 2.24) is 5.32 Å². The third-order valence-corrected chi connectivity index (χ3v) is 4.48. The molecule has 2 aromatic carbocycles. The summed E-state index contributed by atoms with van der Waals surface area (Å²) in [5.41, 5.74) is 1.01. The van der Waals surface area contributed by atoms with Gasteiger partial charge in [0.2, 0.25) is 5.75 Å². The van der Waals surface area contributed by atoms with Crippen molar-refractivity contribution in [3.63, 3.8) is 0 Å². The van der Waals surface area contributed by atoms with Crippen LogP contribution in [0.5, 0.6) is 23.0 Å². The zero-order valence-electron chi connectivity index (χ0n) is 16.1. The molecule has 1 unspecified atom stereocenters. The molecule has 1 N–H and O–H groups in total. The molecule has 1 aliphatic rings. The molecule has 1 atom stereocenters. The standard InChI is InChI=1S/C20H22N2O6/c1-22-13-7-5-6-8-14(13)28-17(20(22)24)11-21-19(23)12-9-15(25-2)18(27-4)16(10-12)26-3/h5-10,17H,11H2,1-4H3,(H,21,23). The number of hydrogen-bond donors (Lipinski definition) is 1. The van der Waals surface area contributed by atoms with E-state index in [1.165, 1.54) is 26.2 Å². The lowest BCUT2D eigenvalue weighted by Crippen LogP contribution is -2.49. The van der Waals surface area contributed by atoms with Gasteiger partial charge in [0.25, 0.3) is 11.8 Å². The molecule has 8 nitrogen and oxygen atoms in total. The molecule has 0 aromatic heterocycles. The van der Waals surface area contributed by atoms with E-state index in [-0.39, 0.29) is 12.5 Å². The van der Waals surface area contributed by atoms with Crippen molar-refractivity contribution in [1.29, 1.82) is 0 Å². The van der Waals surface area contributed by atoms with E-state index in [1.54, 1.807) is 31.3 Å². The van der Waals surface area contributed by atoms with Crippen molar-refractivity contribution in [2.75, 3.05) is 39.8 Å². The Morgan fingerprint density at radius 2 is 1.75 bits per heavy atom. The first-order valence-electron chi connectivity index (χ1n) is 8.61. The Balaban J connectivity index is 1.75. The third kappa shape index (κ3) is 3.53. The Morgan fingerprint density at radius 1 is 1.11 bits per heavy atom. The van der Waals surface area contributed by atoms with Gasteiger partial charge >= 0.3 is 0 Å². The van der Waals surface area contributed by atoms with E-state index in [0.717, 1.165) is 0 Å². The largest absolute Gasteiger partial charge is 0.493 e. The van der Waals surface area contributed by atoms with Crippen molar-refractivity contribution >= 4 is 17.5 Å². The number of likely N-dealkylation sites (N-methyl/N-ethyl adjacent to an activating group) is 1. The van der Waals surface area contributed by atoms with Crippen molar-refractivity contribution < 1.29 is 28.5 Å². The summed E-state index contributed by atoms with van der Waals surface area (Å²) < 4.78 is 21.5. The Labute approximate surface area is 162 Å². The summed E-state index contributed by atoms with van der Waals surface area (Å²) in [6.07, 6.45) is -0.814. The van der Waals surface area contributed by atoms with E-state index >= 15 is 0 Å². The number of nitrogens with one attached hydrogen (secondary N) is 1. The molecule has 148 valence electrons. The highest BCUT2D eigenvalue weighted by Gasteiger charge is 2.32. The highest BCUT2D eigenvalue weighted by molar-refractivity contribution is 6.00. The van der Waals surface area contributed by atoms with Gasteiger partial charge in [-0.15, -0.1) is 0 Å². The van der Waals surface area contributed by atoms with Crippen LogP contribution >= 0.6 is 0 Å². The average molecular weight is 386 g/mol. The number of anilines is 1. The fraction of sp³-hybridized carbons (Fsp3) is 0.300. The SMILES string of the molecule is COc1cc(C(=O)NCC2Oc3ccccc3N(C)C2=O)cc(OC)c1OC. The Hall–Kier alpha value is -3.42. The lowest BCUT2D eigenvalue weighted by Gasteiger charge is -2.31. The predicted molar refractivity (Wildman–Crippen MR) is 103 cm³/mol. The number of rotatable bonds is 6. The zero-order chi connectivity index (χ0) is 20.3. The number of methoxy groups -OCH3 is 3. The molecule has 28 heavy (non-hydrogen) atoms. The zero-order valence-corrected chi connectivity index (χ0v) is 16.1. The van der Waals surface area contributed by atoms with Crippen LogP contribution in [0.1, 0.15) is 10.4 Å². The maximum absolute atomic E-state index is 12.6. The highest BCUT2D eigenvalue weighted by atomic mass is 16.5. The maximum Gasteiger partial charge on any atom is 0.269 e. The first-order valence-corrected chi connectivity index (χ1v) is 8.61. The highest BCUT2D eigenvalue weighted by Crippen LogP contribution is 2.38. The van der Waals surface area contributed by atoms with Crippen LogP contribution in [0.4, 0.5) is 5.69 Å². The van der Waals surface area contributed by atoms with E-state index in [1.807, 2.05) is 12.1 Å². The van der Waals surface area contributed by atoms with Crippen LogP contribution < -0.4 is 29.2 Å². The number of para-hydroxylation sites is 2. The number of carbonyl (C=O) groups is 2. The molecule has 8 heteroatoms. The summed E-state index contributed by atoms with van der Waals surface area (Å²) >= 11 is 0. The summed E-state index contributed by atoms with van der Waals surface area (Å²) in [4.78, 5) is 26.7. The minimum atomic E-state index is -0.814. The van der Waals surface area contributed by atoms with Gasteiger partial charge in [-0.25, -0.2) is 0 Å². The third-order valence-electron chi connectivity index (χ3n) is 4.48. The Morgan fingerprint density at radius 3 is 2.36 bits per heavy atom. The van der Waals surface area contributed by atoms with Crippen LogP contribution in [0.2, 0.25) is 0 Å². The first-order chi connectivity index (χ1) is 13.5. The van der Waals surface area contributed by atoms with Crippen LogP contribution in [0.15, 0.2) is 36.4 Å². The van der Waals surface area contributed by atoms with Crippen LogP contribution in [-0.2, 0) is 4.79 Å². The van der Waals surface area contributed by atoms with Crippen LogP contribution in [0.3, 0.4) is 0 Å². The maximum atomic E-state index is 12.6. The number of hydrogen-bond acceptors (Lipinski definition) is 6. The van der Waals surface area contributed by atoms with Crippen molar-refractivity contribution in [2.45, 2.75) is 6.10 Å². The van der Waals surface area contributed by atoms with Crippen molar-refractivity contribution in [2.24, 2.45) is 0 Å². The average Bonchev–Trinajstić information content (AvgIpc) is 2.73. The Kier molecular flexibility index (Phi) is 5.58. The Bertz CT molecular complexity index is 873. The van der Waals surface area contributed by atoms with Gasteiger partial charge < -0.3 is 29.2 Å². The number of ether oxygens (including phenoxy) is 4. The molecule has 2 amide bonds. The van der Waals surface area contributed by atoms with E-state index in [0.29, 0.717) is 34.2 Å². The normalized spacial score (nSPS) is 15.4. The van der Waals surface area contributed by atoms with E-state index < -0.39 is 12.0 Å². The lowest BCUT2D eigenvalue weighted by molar-refractivity contribution is -0.125. The fourth-order valence-corrected chi connectivity index (χ4v) is 3.00. The van der Waals surface area contributed by atoms with Gasteiger partial charge in [0.1, 0.15) is 5.75 Å². The van der Waals surface area contributed by atoms with E-state index in [2.05, 4.69) is 5.32 Å². The van der Waals surface area contributed by atoms with Gasteiger partial charge in [-0.2, -0.15) is 0 Å². The quantitative estimate of drug-likeness (QED) is 0.816. The first kappa shape index (κ1) is 19.3. The molecular formula is C20H22N2O6. The van der Waals surface area contributed by atoms with Crippen molar-refractivity contribution in [3.05, 3.63) is 42.0 Å². The molecule has 3 rings (SSSR count). The summed E-state index contributed by atoms with van der Waals surface area (Å²) in [6.45, 7) is 0.0208. The minimum absolute atomic E-state index is 0.0208. The van der Waals surface area contributed by atoms with E-state index in [4.69, 9.17) is 18.9 Å². The topological polar surface area (TPSA) is 86.3 Å².